The molecule has 3 aromatic carbocycles. The number of aryl methyl sites for hydroxylation is 3. The monoisotopic (exact) mass is 412 g/mol. The number of carbonyl (C=O) groups excluding carboxylic acids is 1. The van der Waals surface area contributed by atoms with Crippen LogP contribution in [0.15, 0.2) is 65.6 Å². The van der Waals surface area contributed by atoms with E-state index in [0.29, 0.717) is 16.9 Å². The molecule has 150 valence electrons. The van der Waals surface area contributed by atoms with E-state index in [1.54, 1.807) is 0 Å². The normalized spacial score (nSPS) is 11.2. The summed E-state index contributed by atoms with van der Waals surface area (Å²) in [4.78, 5) is 12.3. The Kier molecular flexibility index (Phi) is 5.70. The maximum absolute atomic E-state index is 13.0. The van der Waals surface area contributed by atoms with Gasteiger partial charge in [0, 0.05) is 11.3 Å². The Morgan fingerprint density at radius 3 is 1.97 bits per heavy atom. The van der Waals surface area contributed by atoms with Crippen LogP contribution in [-0.4, -0.2) is 14.3 Å². The number of hydrogen-bond acceptors (Lipinski definition) is 3. The van der Waals surface area contributed by atoms with Gasteiger partial charge in [-0.3, -0.25) is 9.52 Å². The molecule has 0 fully saturated rings. The van der Waals surface area contributed by atoms with Crippen molar-refractivity contribution in [2.45, 2.75) is 25.7 Å². The first-order valence-electron chi connectivity index (χ1n) is 8.93. The van der Waals surface area contributed by atoms with Crippen LogP contribution in [0, 0.1) is 26.6 Å². The minimum Gasteiger partial charge on any atom is -0.322 e. The summed E-state index contributed by atoms with van der Waals surface area (Å²) in [5, 5.41) is 2.65. The number of nitrogens with one attached hydrogen (secondary N) is 2. The number of amides is 1. The zero-order valence-corrected chi connectivity index (χ0v) is 17.1. The molecule has 0 aliphatic heterocycles. The number of hydrogen-bond donors (Lipinski definition) is 2. The van der Waals surface area contributed by atoms with E-state index in [0.717, 1.165) is 16.7 Å². The molecule has 0 bridgehead atoms. The van der Waals surface area contributed by atoms with E-state index >= 15 is 0 Å². The Balaban J connectivity index is 1.77. The molecular weight excluding hydrogens is 391 g/mol. The van der Waals surface area contributed by atoms with Crippen LogP contribution in [0.4, 0.5) is 15.8 Å². The van der Waals surface area contributed by atoms with Gasteiger partial charge < -0.3 is 5.32 Å². The highest BCUT2D eigenvalue weighted by molar-refractivity contribution is 7.92. The van der Waals surface area contributed by atoms with Gasteiger partial charge in [-0.25, -0.2) is 12.8 Å². The van der Waals surface area contributed by atoms with Gasteiger partial charge in [0.25, 0.3) is 15.9 Å². The number of sulfonamides is 1. The molecule has 29 heavy (non-hydrogen) atoms. The highest BCUT2D eigenvalue weighted by Crippen LogP contribution is 2.25. The Morgan fingerprint density at radius 2 is 1.41 bits per heavy atom. The molecule has 0 unspecified atom stereocenters. The second-order valence-corrected chi connectivity index (χ2v) is 8.55. The SMILES string of the molecule is Cc1cc(C)c(NS(=O)(=O)c2ccc(NC(=O)c3ccc(F)cc3)cc2)c(C)c1. The first kappa shape index (κ1) is 20.5. The summed E-state index contributed by atoms with van der Waals surface area (Å²) >= 11 is 0. The van der Waals surface area contributed by atoms with Crippen LogP contribution in [0.1, 0.15) is 27.0 Å². The van der Waals surface area contributed by atoms with E-state index in [2.05, 4.69) is 10.0 Å². The van der Waals surface area contributed by atoms with Crippen molar-refractivity contribution in [2.24, 2.45) is 0 Å². The second-order valence-electron chi connectivity index (χ2n) is 6.86. The van der Waals surface area contributed by atoms with E-state index in [-0.39, 0.29) is 4.90 Å². The summed E-state index contributed by atoms with van der Waals surface area (Å²) in [7, 11) is -3.78. The number of halogens is 1. The predicted molar refractivity (Wildman–Crippen MR) is 112 cm³/mol. The molecule has 0 radical (unpaired) electrons. The zero-order valence-electron chi connectivity index (χ0n) is 16.3. The third-order valence-corrected chi connectivity index (χ3v) is 5.81. The minimum absolute atomic E-state index is 0.0802. The van der Waals surface area contributed by atoms with Crippen LogP contribution in [0.2, 0.25) is 0 Å². The fourth-order valence-corrected chi connectivity index (χ4v) is 4.26. The lowest BCUT2D eigenvalue weighted by molar-refractivity contribution is 0.102. The molecule has 0 saturated carbocycles. The molecule has 5 nitrogen and oxygen atoms in total. The van der Waals surface area contributed by atoms with Crippen LogP contribution >= 0.6 is 0 Å². The molecule has 2 N–H and O–H groups in total. The lowest BCUT2D eigenvalue weighted by Crippen LogP contribution is -2.15. The van der Waals surface area contributed by atoms with Crippen molar-refractivity contribution in [2.75, 3.05) is 10.0 Å². The van der Waals surface area contributed by atoms with Gasteiger partial charge in [-0.2, -0.15) is 0 Å². The predicted octanol–water partition coefficient (Wildman–Crippen LogP) is 4.80. The maximum atomic E-state index is 13.0. The number of anilines is 2. The average Bonchev–Trinajstić information content (AvgIpc) is 2.65. The van der Waals surface area contributed by atoms with Crippen molar-refractivity contribution >= 4 is 27.3 Å². The Bertz CT molecular complexity index is 1130. The molecule has 3 aromatic rings. The van der Waals surface area contributed by atoms with Crippen LogP contribution in [0.5, 0.6) is 0 Å². The molecule has 0 aromatic heterocycles. The van der Waals surface area contributed by atoms with Gasteiger partial charge in [0.2, 0.25) is 0 Å². The van der Waals surface area contributed by atoms with Crippen molar-refractivity contribution in [3.8, 4) is 0 Å². The van der Waals surface area contributed by atoms with Gasteiger partial charge in [-0.1, -0.05) is 17.7 Å². The van der Waals surface area contributed by atoms with E-state index in [4.69, 9.17) is 0 Å². The first-order chi connectivity index (χ1) is 13.7. The van der Waals surface area contributed by atoms with E-state index in [9.17, 15) is 17.6 Å². The smallest absolute Gasteiger partial charge is 0.261 e. The molecular formula is C22H21FN2O3S. The molecule has 3 rings (SSSR count). The second kappa shape index (κ2) is 8.05. The quantitative estimate of drug-likeness (QED) is 0.632. The molecule has 7 heteroatoms. The molecule has 1 amide bonds. The summed E-state index contributed by atoms with van der Waals surface area (Å²) in [6.45, 7) is 5.66. The third kappa shape index (κ3) is 4.81. The van der Waals surface area contributed by atoms with Crippen LogP contribution in [-0.2, 0) is 10.0 Å². The molecule has 0 spiro atoms. The highest BCUT2D eigenvalue weighted by atomic mass is 32.2. The third-order valence-electron chi connectivity index (χ3n) is 4.44. The van der Waals surface area contributed by atoms with Crippen LogP contribution in [0.3, 0.4) is 0 Å². The van der Waals surface area contributed by atoms with Gasteiger partial charge in [-0.05, 0) is 80.4 Å². The van der Waals surface area contributed by atoms with Gasteiger partial charge in [-0.15, -0.1) is 0 Å². The van der Waals surface area contributed by atoms with Crippen molar-refractivity contribution in [3.63, 3.8) is 0 Å². The van der Waals surface area contributed by atoms with Gasteiger partial charge >= 0.3 is 0 Å². The summed E-state index contributed by atoms with van der Waals surface area (Å²) in [6, 6.07) is 14.8. The minimum atomic E-state index is -3.78. The lowest BCUT2D eigenvalue weighted by atomic mass is 10.1. The fourth-order valence-electron chi connectivity index (χ4n) is 3.06. The molecule has 0 aliphatic carbocycles. The van der Waals surface area contributed by atoms with Crippen molar-refractivity contribution in [1.82, 2.24) is 0 Å². The Hall–Kier alpha value is -3.19. The van der Waals surface area contributed by atoms with Crippen molar-refractivity contribution in [3.05, 3.63) is 88.7 Å². The largest absolute Gasteiger partial charge is 0.322 e. The summed E-state index contributed by atoms with van der Waals surface area (Å²) < 4.78 is 41.1. The van der Waals surface area contributed by atoms with Crippen molar-refractivity contribution < 1.29 is 17.6 Å². The lowest BCUT2D eigenvalue weighted by Gasteiger charge is -2.14. The highest BCUT2D eigenvalue weighted by Gasteiger charge is 2.17. The Morgan fingerprint density at radius 1 is 0.862 bits per heavy atom. The van der Waals surface area contributed by atoms with E-state index in [1.807, 2.05) is 32.9 Å². The van der Waals surface area contributed by atoms with Gasteiger partial charge in [0.15, 0.2) is 0 Å². The summed E-state index contributed by atoms with van der Waals surface area (Å²) in [5.74, 6) is -0.840. The summed E-state index contributed by atoms with van der Waals surface area (Å²) in [6.07, 6.45) is 0. The topological polar surface area (TPSA) is 75.3 Å². The van der Waals surface area contributed by atoms with Crippen molar-refractivity contribution in [1.29, 1.82) is 0 Å². The summed E-state index contributed by atoms with van der Waals surface area (Å²) in [5.41, 5.74) is 4.04. The first-order valence-corrected chi connectivity index (χ1v) is 10.4. The molecule has 0 heterocycles. The van der Waals surface area contributed by atoms with E-state index < -0.39 is 21.7 Å². The fraction of sp³-hybridized carbons (Fsp3) is 0.136. The maximum Gasteiger partial charge on any atom is 0.261 e. The number of benzene rings is 3. The standard InChI is InChI=1S/C22H21FN2O3S/c1-14-12-15(2)21(16(3)13-14)25-29(27,28)20-10-8-19(9-11-20)24-22(26)17-4-6-18(23)7-5-17/h4-13,25H,1-3H3,(H,24,26). The zero-order chi connectivity index (χ0) is 21.2. The molecule has 0 atom stereocenters. The van der Waals surface area contributed by atoms with E-state index in [1.165, 1.54) is 48.5 Å². The van der Waals surface area contributed by atoms with Crippen LogP contribution in [0.25, 0.3) is 0 Å². The molecule has 0 aliphatic rings. The molecule has 0 saturated heterocycles. The van der Waals surface area contributed by atoms with Crippen LogP contribution < -0.4 is 10.0 Å². The number of carbonyl (C=O) groups is 1. The Labute approximate surface area is 169 Å². The average molecular weight is 412 g/mol. The van der Waals surface area contributed by atoms with Gasteiger partial charge in [0.05, 0.1) is 10.6 Å². The van der Waals surface area contributed by atoms with Gasteiger partial charge in [0.1, 0.15) is 5.82 Å². The number of rotatable bonds is 5.